The van der Waals surface area contributed by atoms with E-state index in [4.69, 9.17) is 0 Å². The Morgan fingerprint density at radius 1 is 1.00 bits per heavy atom. The van der Waals surface area contributed by atoms with E-state index >= 15 is 0 Å². The summed E-state index contributed by atoms with van der Waals surface area (Å²) in [5, 5.41) is 3.48. The minimum absolute atomic E-state index is 0.639. The third-order valence-corrected chi connectivity index (χ3v) is 5.79. The molecular formula is C18H32BrNS. The van der Waals surface area contributed by atoms with Crippen molar-refractivity contribution in [1.29, 1.82) is 0 Å². The maximum absolute atomic E-state index is 3.55. The molecule has 0 aliphatic carbocycles. The molecule has 0 spiro atoms. The molecule has 1 nitrogen and oxygen atoms in total. The van der Waals surface area contributed by atoms with Crippen molar-refractivity contribution >= 4 is 27.3 Å². The van der Waals surface area contributed by atoms with Gasteiger partial charge in [-0.05, 0) is 48.0 Å². The second-order valence-electron chi connectivity index (χ2n) is 6.01. The van der Waals surface area contributed by atoms with E-state index in [0.717, 1.165) is 0 Å². The van der Waals surface area contributed by atoms with Crippen LogP contribution in [0.1, 0.15) is 76.0 Å². The summed E-state index contributed by atoms with van der Waals surface area (Å²) < 4.78 is 1.25. The summed E-state index contributed by atoms with van der Waals surface area (Å²) in [4.78, 5) is 1.48. The highest BCUT2D eigenvalue weighted by Crippen LogP contribution is 2.24. The Kier molecular flexibility index (Phi) is 11.6. The van der Waals surface area contributed by atoms with E-state index in [2.05, 4.69) is 47.4 Å². The van der Waals surface area contributed by atoms with Gasteiger partial charge in [0.15, 0.2) is 0 Å². The Hall–Kier alpha value is 0.140. The highest BCUT2D eigenvalue weighted by Gasteiger charge is 2.08. The summed E-state index contributed by atoms with van der Waals surface area (Å²) in [6.07, 6.45) is 15.2. The summed E-state index contributed by atoms with van der Waals surface area (Å²) >= 11 is 5.41. The molecule has 1 unspecified atom stereocenters. The van der Waals surface area contributed by atoms with Crippen LogP contribution in [0.25, 0.3) is 0 Å². The van der Waals surface area contributed by atoms with Gasteiger partial charge in [-0.2, -0.15) is 0 Å². The third kappa shape index (κ3) is 9.70. The van der Waals surface area contributed by atoms with Crippen LogP contribution in [-0.2, 0) is 6.42 Å². The van der Waals surface area contributed by atoms with Gasteiger partial charge in [0.1, 0.15) is 0 Å². The molecule has 0 fully saturated rings. The Morgan fingerprint density at radius 2 is 1.62 bits per heavy atom. The minimum atomic E-state index is 0.639. The van der Waals surface area contributed by atoms with Crippen LogP contribution >= 0.6 is 27.3 Å². The number of hydrogen-bond acceptors (Lipinski definition) is 2. The standard InChI is InChI=1S/C18H32BrNS/c1-3-4-5-6-7-8-9-10-11-12-16(20-2)15-17-13-14-18(19)21-17/h13-14,16,20H,3-12,15H2,1-2H3. The SMILES string of the molecule is CCCCCCCCCCCC(Cc1ccc(Br)s1)NC. The second-order valence-corrected chi connectivity index (χ2v) is 8.56. The van der Waals surface area contributed by atoms with Crippen molar-refractivity contribution in [3.8, 4) is 0 Å². The topological polar surface area (TPSA) is 12.0 Å². The lowest BCUT2D eigenvalue weighted by atomic mass is 10.0. The molecule has 3 heteroatoms. The van der Waals surface area contributed by atoms with E-state index in [1.165, 1.54) is 79.3 Å². The number of thiophene rings is 1. The summed E-state index contributed by atoms with van der Waals surface area (Å²) in [6.45, 7) is 2.28. The van der Waals surface area contributed by atoms with E-state index < -0.39 is 0 Å². The number of nitrogens with one attached hydrogen (secondary N) is 1. The second kappa shape index (κ2) is 12.7. The molecule has 122 valence electrons. The van der Waals surface area contributed by atoms with Gasteiger partial charge >= 0.3 is 0 Å². The van der Waals surface area contributed by atoms with Crippen molar-refractivity contribution in [2.75, 3.05) is 7.05 Å². The predicted molar refractivity (Wildman–Crippen MR) is 100 cm³/mol. The van der Waals surface area contributed by atoms with Gasteiger partial charge in [-0.25, -0.2) is 0 Å². The van der Waals surface area contributed by atoms with E-state index in [-0.39, 0.29) is 0 Å². The molecule has 1 atom stereocenters. The molecule has 0 aromatic carbocycles. The van der Waals surface area contributed by atoms with Gasteiger partial charge in [0.05, 0.1) is 3.79 Å². The van der Waals surface area contributed by atoms with Gasteiger partial charge in [0, 0.05) is 10.9 Å². The van der Waals surface area contributed by atoms with Crippen LogP contribution in [0.3, 0.4) is 0 Å². The van der Waals surface area contributed by atoms with Gasteiger partial charge in [-0.3, -0.25) is 0 Å². The maximum Gasteiger partial charge on any atom is 0.0701 e. The zero-order valence-electron chi connectivity index (χ0n) is 13.8. The molecule has 0 saturated heterocycles. The number of halogens is 1. The molecule has 0 saturated carbocycles. The fourth-order valence-electron chi connectivity index (χ4n) is 2.75. The number of rotatable bonds is 13. The van der Waals surface area contributed by atoms with Crippen LogP contribution in [-0.4, -0.2) is 13.1 Å². The quantitative estimate of drug-likeness (QED) is 0.385. The smallest absolute Gasteiger partial charge is 0.0701 e. The van der Waals surface area contributed by atoms with Crippen LogP contribution in [0.2, 0.25) is 0 Å². The fourth-order valence-corrected chi connectivity index (χ4v) is 4.32. The van der Waals surface area contributed by atoms with Crippen molar-refractivity contribution in [2.45, 2.75) is 83.6 Å². The van der Waals surface area contributed by atoms with Crippen LogP contribution in [0, 0.1) is 0 Å². The van der Waals surface area contributed by atoms with E-state index in [0.29, 0.717) is 6.04 Å². The molecule has 1 N–H and O–H groups in total. The van der Waals surface area contributed by atoms with Crippen LogP contribution in [0.15, 0.2) is 15.9 Å². The molecule has 1 aromatic rings. The van der Waals surface area contributed by atoms with Gasteiger partial charge in [-0.15, -0.1) is 11.3 Å². The highest BCUT2D eigenvalue weighted by molar-refractivity contribution is 9.11. The van der Waals surface area contributed by atoms with E-state index in [1.807, 2.05) is 11.3 Å². The molecule has 0 bridgehead atoms. The lowest BCUT2D eigenvalue weighted by molar-refractivity contribution is 0.479. The average Bonchev–Trinajstić information content (AvgIpc) is 2.89. The summed E-state index contributed by atoms with van der Waals surface area (Å²) in [7, 11) is 2.10. The molecule has 1 heterocycles. The minimum Gasteiger partial charge on any atom is -0.317 e. The zero-order valence-corrected chi connectivity index (χ0v) is 16.2. The van der Waals surface area contributed by atoms with Crippen molar-refractivity contribution in [3.63, 3.8) is 0 Å². The maximum atomic E-state index is 3.55. The Balaban J connectivity index is 1.99. The van der Waals surface area contributed by atoms with Crippen LogP contribution in [0.5, 0.6) is 0 Å². The largest absolute Gasteiger partial charge is 0.317 e. The van der Waals surface area contributed by atoms with Crippen molar-refractivity contribution in [1.82, 2.24) is 5.32 Å². The fraction of sp³-hybridized carbons (Fsp3) is 0.778. The lowest BCUT2D eigenvalue weighted by Crippen LogP contribution is -2.27. The van der Waals surface area contributed by atoms with Crippen molar-refractivity contribution < 1.29 is 0 Å². The molecule has 1 rings (SSSR count). The predicted octanol–water partition coefficient (Wildman–Crippen LogP) is 6.56. The average molecular weight is 374 g/mol. The molecule has 0 aliphatic rings. The van der Waals surface area contributed by atoms with E-state index in [1.54, 1.807) is 0 Å². The van der Waals surface area contributed by atoms with Gasteiger partial charge in [0.25, 0.3) is 0 Å². The molecule has 0 radical (unpaired) electrons. The Morgan fingerprint density at radius 3 is 2.14 bits per heavy atom. The number of likely N-dealkylation sites (N-methyl/N-ethyl adjacent to an activating group) is 1. The van der Waals surface area contributed by atoms with E-state index in [9.17, 15) is 0 Å². The lowest BCUT2D eigenvalue weighted by Gasteiger charge is -2.15. The van der Waals surface area contributed by atoms with Crippen molar-refractivity contribution in [3.05, 3.63) is 20.8 Å². The number of unbranched alkanes of at least 4 members (excludes halogenated alkanes) is 8. The number of hydrogen-bond donors (Lipinski definition) is 1. The molecular weight excluding hydrogens is 342 g/mol. The summed E-state index contributed by atoms with van der Waals surface area (Å²) in [6, 6.07) is 5.04. The summed E-state index contributed by atoms with van der Waals surface area (Å²) in [5.41, 5.74) is 0. The molecule has 0 amide bonds. The third-order valence-electron chi connectivity index (χ3n) is 4.14. The highest BCUT2D eigenvalue weighted by atomic mass is 79.9. The first-order valence-electron chi connectivity index (χ1n) is 8.67. The monoisotopic (exact) mass is 373 g/mol. The van der Waals surface area contributed by atoms with Crippen molar-refractivity contribution in [2.24, 2.45) is 0 Å². The summed E-state index contributed by atoms with van der Waals surface area (Å²) in [5.74, 6) is 0. The van der Waals surface area contributed by atoms with Gasteiger partial charge in [0.2, 0.25) is 0 Å². The van der Waals surface area contributed by atoms with Gasteiger partial charge < -0.3 is 5.32 Å². The Labute approximate surface area is 144 Å². The zero-order chi connectivity index (χ0) is 15.3. The molecule has 1 aromatic heterocycles. The first-order chi connectivity index (χ1) is 10.3. The van der Waals surface area contributed by atoms with Crippen LogP contribution < -0.4 is 5.32 Å². The first kappa shape index (κ1) is 19.2. The normalized spacial score (nSPS) is 12.7. The Bertz CT molecular complexity index is 351. The molecule has 21 heavy (non-hydrogen) atoms. The van der Waals surface area contributed by atoms with Crippen LogP contribution in [0.4, 0.5) is 0 Å². The first-order valence-corrected chi connectivity index (χ1v) is 10.3. The molecule has 0 aliphatic heterocycles. The van der Waals surface area contributed by atoms with Gasteiger partial charge in [-0.1, -0.05) is 64.7 Å².